The summed E-state index contributed by atoms with van der Waals surface area (Å²) >= 11 is 5.93. The highest BCUT2D eigenvalue weighted by Crippen LogP contribution is 2.41. The number of hydrogen-bond acceptors (Lipinski definition) is 4. The van der Waals surface area contributed by atoms with Crippen LogP contribution in [0.25, 0.3) is 0 Å². The van der Waals surface area contributed by atoms with Gasteiger partial charge in [-0.05, 0) is 91.3 Å². The Bertz CT molecular complexity index is 1520. The van der Waals surface area contributed by atoms with Gasteiger partial charge in [0, 0.05) is 17.3 Å². The van der Waals surface area contributed by atoms with Gasteiger partial charge in [0.15, 0.2) is 0 Å². The molecule has 0 aromatic heterocycles. The Morgan fingerprint density at radius 2 is 1.95 bits per heavy atom. The van der Waals surface area contributed by atoms with Crippen LogP contribution in [0.1, 0.15) is 44.1 Å². The Hall–Kier alpha value is -4.15. The third kappa shape index (κ3) is 6.61. The third-order valence-corrected chi connectivity index (χ3v) is 8.10. The van der Waals surface area contributed by atoms with Crippen LogP contribution in [-0.2, 0) is 10.3 Å². The fourth-order valence-electron chi connectivity index (χ4n) is 5.27. The Balaban J connectivity index is 1.37. The Labute approximate surface area is 243 Å². The average Bonchev–Trinajstić information content (AvgIpc) is 3.73. The van der Waals surface area contributed by atoms with Crippen LogP contribution < -0.4 is 16.4 Å². The summed E-state index contributed by atoms with van der Waals surface area (Å²) in [5, 5.41) is 15.3. The molecule has 2 fully saturated rings. The van der Waals surface area contributed by atoms with Crippen LogP contribution in [0, 0.1) is 23.1 Å². The summed E-state index contributed by atoms with van der Waals surface area (Å²) in [6, 6.07) is 12.1. The number of amides is 3. The second kappa shape index (κ2) is 12.2. The number of allylic oxidation sites excluding steroid dienone is 3. The number of carbonyl (C=O) groups excluding carboxylic acids is 2. The molecule has 1 aliphatic heterocycles. The Morgan fingerprint density at radius 1 is 1.17 bits per heavy atom. The van der Waals surface area contributed by atoms with E-state index in [-0.39, 0.29) is 5.69 Å². The lowest BCUT2D eigenvalue weighted by Crippen LogP contribution is -2.45. The molecule has 2 aromatic carbocycles. The van der Waals surface area contributed by atoms with Crippen LogP contribution in [0.2, 0.25) is 5.02 Å². The topological polar surface area (TPSA) is 111 Å². The van der Waals surface area contributed by atoms with Gasteiger partial charge in [-0.2, -0.15) is 5.26 Å². The number of urea groups is 1. The predicted octanol–water partition coefficient (Wildman–Crippen LogP) is 6.56. The lowest BCUT2D eigenvalue weighted by atomic mass is 9.78. The monoisotopic (exact) mass is 571 g/mol. The molecular weight excluding hydrogens is 541 g/mol. The third-order valence-electron chi connectivity index (χ3n) is 7.85. The molecule has 9 heteroatoms. The molecule has 0 spiro atoms. The first-order valence-electron chi connectivity index (χ1n) is 13.8. The van der Waals surface area contributed by atoms with Gasteiger partial charge in [-0.3, -0.25) is 4.79 Å². The molecule has 41 heavy (non-hydrogen) atoms. The first-order valence-corrected chi connectivity index (χ1v) is 14.1. The highest BCUT2D eigenvalue weighted by Gasteiger charge is 2.36. The second-order valence-electron chi connectivity index (χ2n) is 10.7. The molecule has 210 valence electrons. The molecule has 1 unspecified atom stereocenters. The van der Waals surface area contributed by atoms with Crippen molar-refractivity contribution >= 4 is 34.9 Å². The molecule has 5 rings (SSSR count). The average molecular weight is 572 g/mol. The van der Waals surface area contributed by atoms with Crippen LogP contribution in [0.4, 0.5) is 20.6 Å². The number of hydrogen-bond donors (Lipinski definition) is 3. The van der Waals surface area contributed by atoms with Crippen LogP contribution in [0.15, 0.2) is 83.6 Å². The maximum absolute atomic E-state index is 15.1. The van der Waals surface area contributed by atoms with E-state index in [1.165, 1.54) is 11.0 Å². The summed E-state index contributed by atoms with van der Waals surface area (Å²) < 4.78 is 15.1. The summed E-state index contributed by atoms with van der Waals surface area (Å²) in [4.78, 5) is 27.8. The van der Waals surface area contributed by atoms with Gasteiger partial charge in [-0.25, -0.2) is 9.18 Å². The minimum atomic E-state index is -0.990. The number of nitrogens with one attached hydrogen (secondary N) is 2. The van der Waals surface area contributed by atoms with Gasteiger partial charge in [0.05, 0.1) is 16.8 Å². The quantitative estimate of drug-likeness (QED) is 0.311. The number of likely N-dealkylation sites (tertiary alicyclic amines) is 1. The molecular formula is C32H31ClFN5O2. The molecule has 2 aliphatic carbocycles. The van der Waals surface area contributed by atoms with Crippen molar-refractivity contribution in [1.29, 1.82) is 5.26 Å². The van der Waals surface area contributed by atoms with E-state index in [1.54, 1.807) is 54.6 Å². The molecule has 0 radical (unpaired) electrons. The van der Waals surface area contributed by atoms with Crippen molar-refractivity contribution in [2.75, 3.05) is 17.2 Å². The van der Waals surface area contributed by atoms with Crippen molar-refractivity contribution in [1.82, 2.24) is 4.90 Å². The molecule has 2 aromatic rings. The van der Waals surface area contributed by atoms with Gasteiger partial charge in [0.25, 0.3) is 0 Å². The standard InChI is InChI=1S/C32H31ClFN5O2/c33-25-11-13-26(14-12-25)37-31(41)39-18-2-5-29(39)30(40)38-28-19-24(10-15-27(28)34)32(36,17-16-21-6-7-21)23-4-1-3-22(20-35)8-9-23/h1,3-4,9-15,19,21,29H,2,5-7,16-18,36H2,(H,37,41)(H,38,40)/t29-,32?/m0/s1. The SMILES string of the molecule is N#CC1=C=CC(C(N)(CCC2CC2)c2ccc(F)c(NC(=O)[C@@H]3CCCN3C(=O)Nc3ccc(Cl)cc3)c2)=CC=C1. The van der Waals surface area contributed by atoms with E-state index in [4.69, 9.17) is 17.3 Å². The first kappa shape index (κ1) is 28.4. The van der Waals surface area contributed by atoms with Gasteiger partial charge in [-0.15, -0.1) is 5.73 Å². The van der Waals surface area contributed by atoms with Crippen molar-refractivity contribution in [2.24, 2.45) is 11.7 Å². The lowest BCUT2D eigenvalue weighted by Gasteiger charge is -2.32. The molecule has 0 bridgehead atoms. The second-order valence-corrected chi connectivity index (χ2v) is 11.2. The molecule has 2 atom stereocenters. The number of nitrogens with zero attached hydrogens (tertiary/aromatic N) is 2. The lowest BCUT2D eigenvalue weighted by molar-refractivity contribution is -0.119. The minimum absolute atomic E-state index is 0.000654. The minimum Gasteiger partial charge on any atom is -0.322 e. The molecule has 4 N–H and O–H groups in total. The van der Waals surface area contributed by atoms with Gasteiger partial charge in [-0.1, -0.05) is 42.7 Å². The smallest absolute Gasteiger partial charge is 0.322 e. The highest BCUT2D eigenvalue weighted by molar-refractivity contribution is 6.30. The maximum Gasteiger partial charge on any atom is 0.322 e. The molecule has 1 saturated carbocycles. The molecule has 3 amide bonds. The van der Waals surface area contributed by atoms with Gasteiger partial charge in [0.2, 0.25) is 5.91 Å². The summed E-state index contributed by atoms with van der Waals surface area (Å²) in [7, 11) is 0. The zero-order chi connectivity index (χ0) is 29.0. The number of anilines is 2. The summed E-state index contributed by atoms with van der Waals surface area (Å²) in [5.74, 6) is -0.455. The number of rotatable bonds is 8. The highest BCUT2D eigenvalue weighted by atomic mass is 35.5. The number of carbonyl (C=O) groups is 2. The predicted molar refractivity (Wildman–Crippen MR) is 157 cm³/mol. The van der Waals surface area contributed by atoms with E-state index < -0.39 is 29.3 Å². The fraction of sp³-hybridized carbons (Fsp3) is 0.312. The van der Waals surface area contributed by atoms with E-state index in [2.05, 4.69) is 22.4 Å². The molecule has 1 heterocycles. The number of nitriles is 1. The van der Waals surface area contributed by atoms with Crippen molar-refractivity contribution in [3.63, 3.8) is 0 Å². The normalized spacial score (nSPS) is 19.5. The van der Waals surface area contributed by atoms with Crippen molar-refractivity contribution in [2.45, 2.75) is 50.1 Å². The fourth-order valence-corrected chi connectivity index (χ4v) is 5.39. The van der Waals surface area contributed by atoms with E-state index in [0.29, 0.717) is 53.6 Å². The number of benzene rings is 2. The summed E-state index contributed by atoms with van der Waals surface area (Å²) in [5.41, 5.74) is 11.4. The number of halogens is 2. The first-order chi connectivity index (χ1) is 19.8. The molecule has 1 saturated heterocycles. The largest absolute Gasteiger partial charge is 0.322 e. The molecule has 7 nitrogen and oxygen atoms in total. The van der Waals surface area contributed by atoms with Crippen molar-refractivity contribution < 1.29 is 14.0 Å². The van der Waals surface area contributed by atoms with Gasteiger partial charge >= 0.3 is 6.03 Å². The van der Waals surface area contributed by atoms with Gasteiger partial charge in [0.1, 0.15) is 17.9 Å². The summed E-state index contributed by atoms with van der Waals surface area (Å²) in [6.45, 7) is 0.402. The van der Waals surface area contributed by atoms with Gasteiger partial charge < -0.3 is 21.3 Å². The zero-order valence-corrected chi connectivity index (χ0v) is 23.3. The van der Waals surface area contributed by atoms with Crippen LogP contribution in [-0.4, -0.2) is 29.4 Å². The van der Waals surface area contributed by atoms with Crippen LogP contribution >= 0.6 is 11.6 Å². The van der Waals surface area contributed by atoms with E-state index in [9.17, 15) is 14.9 Å². The van der Waals surface area contributed by atoms with Crippen LogP contribution in [0.5, 0.6) is 0 Å². The van der Waals surface area contributed by atoms with E-state index in [1.807, 2.05) is 6.08 Å². The zero-order valence-electron chi connectivity index (χ0n) is 22.5. The van der Waals surface area contributed by atoms with Crippen LogP contribution in [0.3, 0.4) is 0 Å². The van der Waals surface area contributed by atoms with Crippen molar-refractivity contribution in [3.05, 3.63) is 100 Å². The van der Waals surface area contributed by atoms with Crippen molar-refractivity contribution in [3.8, 4) is 6.07 Å². The summed E-state index contributed by atoms with van der Waals surface area (Å²) in [6.07, 6.45) is 11.9. The maximum atomic E-state index is 15.1. The Kier molecular flexibility index (Phi) is 8.41. The van der Waals surface area contributed by atoms with E-state index in [0.717, 1.165) is 24.8 Å². The molecule has 3 aliphatic rings. The number of nitrogens with two attached hydrogens (primary N) is 1. The Morgan fingerprint density at radius 3 is 2.68 bits per heavy atom. The van der Waals surface area contributed by atoms with E-state index >= 15 is 4.39 Å².